The molecule has 1 aliphatic rings. The van der Waals surface area contributed by atoms with E-state index in [1.165, 1.54) is 37.2 Å². The van der Waals surface area contributed by atoms with E-state index in [1.54, 1.807) is 11.3 Å². The average molecular weight is 543 g/mol. The molecule has 2 heterocycles. The van der Waals surface area contributed by atoms with E-state index in [4.69, 9.17) is 4.99 Å². The summed E-state index contributed by atoms with van der Waals surface area (Å²) >= 11 is 1.66. The van der Waals surface area contributed by atoms with E-state index in [9.17, 15) is 0 Å². The molecule has 2 N–H and O–H groups in total. The number of benzene rings is 1. The number of hydrogen-bond donors (Lipinski definition) is 2. The summed E-state index contributed by atoms with van der Waals surface area (Å²) < 4.78 is 0. The van der Waals surface area contributed by atoms with E-state index in [0.29, 0.717) is 13.1 Å². The van der Waals surface area contributed by atoms with Gasteiger partial charge in [0.1, 0.15) is 0 Å². The molecule has 166 valence electrons. The van der Waals surface area contributed by atoms with Gasteiger partial charge in [-0.05, 0) is 43.4 Å². The Morgan fingerprint density at radius 1 is 1.20 bits per heavy atom. The van der Waals surface area contributed by atoms with Crippen molar-refractivity contribution in [2.75, 3.05) is 43.5 Å². The Bertz CT molecular complexity index is 781. The van der Waals surface area contributed by atoms with Crippen molar-refractivity contribution in [3.8, 4) is 0 Å². The van der Waals surface area contributed by atoms with Crippen LogP contribution in [0, 0.1) is 5.92 Å². The van der Waals surface area contributed by atoms with Gasteiger partial charge in [0.2, 0.25) is 0 Å². The first kappa shape index (κ1) is 24.7. The lowest BCUT2D eigenvalue weighted by atomic mass is 9.99. The highest BCUT2D eigenvalue weighted by Gasteiger charge is 2.15. The molecule has 1 aromatic heterocycles. The second-order valence-corrected chi connectivity index (χ2v) is 8.74. The maximum absolute atomic E-state index is 4.74. The van der Waals surface area contributed by atoms with Crippen LogP contribution in [-0.4, -0.2) is 44.7 Å². The molecule has 1 aromatic carbocycles. The minimum Gasteiger partial charge on any atom is -0.372 e. The predicted molar refractivity (Wildman–Crippen MR) is 141 cm³/mol. The van der Waals surface area contributed by atoms with Crippen molar-refractivity contribution in [3.05, 3.63) is 40.9 Å². The molecule has 0 atom stereocenters. The van der Waals surface area contributed by atoms with E-state index in [-0.39, 0.29) is 24.0 Å². The Kier molecular flexibility index (Phi) is 10.2. The van der Waals surface area contributed by atoms with E-state index < -0.39 is 0 Å². The standard InChI is InChI=1S/C22H34N6S.HI/c1-5-23-21(25-15-19-16-29-22(26-19)27(3)4)24-14-18-6-8-20(9-7-18)28-12-10-17(2)11-13-28;/h6-9,16-17H,5,10-15H2,1-4H3,(H2,23,24,25);1H. The average Bonchev–Trinajstić information content (AvgIpc) is 3.21. The molecule has 0 bridgehead atoms. The number of piperidine rings is 1. The first-order valence-electron chi connectivity index (χ1n) is 10.5. The van der Waals surface area contributed by atoms with E-state index in [0.717, 1.165) is 29.2 Å². The number of hydrogen-bond acceptors (Lipinski definition) is 5. The molecule has 1 saturated heterocycles. The van der Waals surface area contributed by atoms with Gasteiger partial charge in [0.05, 0.1) is 18.8 Å². The summed E-state index contributed by atoms with van der Waals surface area (Å²) in [7, 11) is 4.03. The van der Waals surface area contributed by atoms with Crippen LogP contribution in [0.3, 0.4) is 0 Å². The van der Waals surface area contributed by atoms with Gasteiger partial charge in [-0.25, -0.2) is 9.98 Å². The van der Waals surface area contributed by atoms with Gasteiger partial charge >= 0.3 is 0 Å². The highest BCUT2D eigenvalue weighted by molar-refractivity contribution is 14.0. The molecule has 0 saturated carbocycles. The Labute approximate surface area is 202 Å². The fourth-order valence-corrected chi connectivity index (χ4v) is 4.11. The van der Waals surface area contributed by atoms with Gasteiger partial charge in [-0.1, -0.05) is 19.1 Å². The van der Waals surface area contributed by atoms with Gasteiger partial charge in [0, 0.05) is 44.8 Å². The lowest BCUT2D eigenvalue weighted by Gasteiger charge is -2.32. The van der Waals surface area contributed by atoms with Crippen molar-refractivity contribution >= 4 is 52.1 Å². The maximum Gasteiger partial charge on any atom is 0.191 e. The van der Waals surface area contributed by atoms with E-state index >= 15 is 0 Å². The summed E-state index contributed by atoms with van der Waals surface area (Å²) in [6.07, 6.45) is 2.58. The summed E-state index contributed by atoms with van der Waals surface area (Å²) in [5.41, 5.74) is 3.58. The second-order valence-electron chi connectivity index (χ2n) is 7.90. The van der Waals surface area contributed by atoms with Crippen LogP contribution >= 0.6 is 35.3 Å². The number of anilines is 2. The summed E-state index contributed by atoms with van der Waals surface area (Å²) in [4.78, 5) is 13.9. The summed E-state index contributed by atoms with van der Waals surface area (Å²) in [5, 5.41) is 9.81. The highest BCUT2D eigenvalue weighted by Crippen LogP contribution is 2.23. The van der Waals surface area contributed by atoms with Gasteiger partial charge in [-0.15, -0.1) is 35.3 Å². The van der Waals surface area contributed by atoms with Crippen molar-refractivity contribution in [1.29, 1.82) is 0 Å². The molecule has 0 aliphatic carbocycles. The third-order valence-corrected chi connectivity index (χ3v) is 6.27. The Morgan fingerprint density at radius 3 is 2.50 bits per heavy atom. The van der Waals surface area contributed by atoms with Crippen molar-refractivity contribution < 1.29 is 0 Å². The van der Waals surface area contributed by atoms with Crippen LogP contribution in [-0.2, 0) is 13.1 Å². The van der Waals surface area contributed by atoms with Gasteiger partial charge < -0.3 is 20.4 Å². The minimum absolute atomic E-state index is 0. The van der Waals surface area contributed by atoms with E-state index in [2.05, 4.69) is 64.0 Å². The third kappa shape index (κ3) is 7.30. The zero-order chi connectivity index (χ0) is 20.6. The molecule has 6 nitrogen and oxygen atoms in total. The molecule has 8 heteroatoms. The van der Waals surface area contributed by atoms with Crippen LogP contribution in [0.4, 0.5) is 10.8 Å². The molecule has 3 rings (SSSR count). The Hall–Kier alpha value is -1.55. The number of nitrogens with one attached hydrogen (secondary N) is 2. The van der Waals surface area contributed by atoms with Gasteiger partial charge in [-0.2, -0.15) is 0 Å². The zero-order valence-corrected chi connectivity index (χ0v) is 21.7. The summed E-state index contributed by atoms with van der Waals surface area (Å²) in [5.74, 6) is 1.68. The largest absolute Gasteiger partial charge is 0.372 e. The topological polar surface area (TPSA) is 55.8 Å². The molecular formula is C22H35IN6S. The first-order valence-corrected chi connectivity index (χ1v) is 11.4. The number of rotatable bonds is 7. The number of halogens is 1. The Morgan fingerprint density at radius 2 is 1.90 bits per heavy atom. The van der Waals surface area contributed by atoms with Crippen LogP contribution in [0.25, 0.3) is 0 Å². The van der Waals surface area contributed by atoms with Crippen LogP contribution in [0.1, 0.15) is 37.9 Å². The highest BCUT2D eigenvalue weighted by atomic mass is 127. The van der Waals surface area contributed by atoms with Gasteiger partial charge in [0.15, 0.2) is 11.1 Å². The molecule has 0 spiro atoms. The SMILES string of the molecule is CCNC(=NCc1ccc(N2CCC(C)CC2)cc1)NCc1csc(N(C)C)n1.I. The molecule has 0 radical (unpaired) electrons. The molecule has 1 fully saturated rings. The number of thiazole rings is 1. The van der Waals surface area contributed by atoms with Crippen molar-refractivity contribution in [1.82, 2.24) is 15.6 Å². The molecule has 2 aromatic rings. The Balaban J connectivity index is 0.00000320. The quantitative estimate of drug-likeness (QED) is 0.310. The zero-order valence-electron chi connectivity index (χ0n) is 18.5. The molecule has 30 heavy (non-hydrogen) atoms. The normalized spacial score (nSPS) is 14.9. The lowest BCUT2D eigenvalue weighted by Crippen LogP contribution is -2.36. The number of aliphatic imine (C=N–C) groups is 1. The maximum atomic E-state index is 4.74. The summed E-state index contributed by atoms with van der Waals surface area (Å²) in [6.45, 7) is 8.93. The lowest BCUT2D eigenvalue weighted by molar-refractivity contribution is 0.438. The van der Waals surface area contributed by atoms with Gasteiger partial charge in [-0.3, -0.25) is 0 Å². The molecular weight excluding hydrogens is 507 g/mol. The van der Waals surface area contributed by atoms with Crippen molar-refractivity contribution in [2.45, 2.75) is 39.8 Å². The molecule has 0 amide bonds. The van der Waals surface area contributed by atoms with Crippen LogP contribution in [0.2, 0.25) is 0 Å². The fourth-order valence-electron chi connectivity index (χ4n) is 3.35. The number of aromatic nitrogens is 1. The van der Waals surface area contributed by atoms with E-state index in [1.807, 2.05) is 19.0 Å². The third-order valence-electron chi connectivity index (χ3n) is 5.21. The van der Waals surface area contributed by atoms with Gasteiger partial charge in [0.25, 0.3) is 0 Å². The summed E-state index contributed by atoms with van der Waals surface area (Å²) in [6, 6.07) is 8.87. The molecule has 0 unspecified atom stereocenters. The van der Waals surface area contributed by atoms with Crippen molar-refractivity contribution in [2.24, 2.45) is 10.9 Å². The first-order chi connectivity index (χ1) is 14.0. The second kappa shape index (κ2) is 12.3. The van der Waals surface area contributed by atoms with Crippen LogP contribution < -0.4 is 20.4 Å². The van der Waals surface area contributed by atoms with Crippen LogP contribution in [0.5, 0.6) is 0 Å². The smallest absolute Gasteiger partial charge is 0.191 e. The van der Waals surface area contributed by atoms with Crippen LogP contribution in [0.15, 0.2) is 34.6 Å². The predicted octanol–water partition coefficient (Wildman–Crippen LogP) is 4.32. The monoisotopic (exact) mass is 542 g/mol. The number of nitrogens with zero attached hydrogens (tertiary/aromatic N) is 4. The van der Waals surface area contributed by atoms with Crippen molar-refractivity contribution in [3.63, 3.8) is 0 Å². The minimum atomic E-state index is 0. The molecule has 1 aliphatic heterocycles. The fraction of sp³-hybridized carbons (Fsp3) is 0.545. The number of guanidine groups is 1.